The van der Waals surface area contributed by atoms with Crippen LogP contribution in [-0.2, 0) is 21.2 Å². The van der Waals surface area contributed by atoms with Crippen molar-refractivity contribution in [2.24, 2.45) is 0 Å². The molecule has 2 amide bonds. The zero-order chi connectivity index (χ0) is 20.9. The van der Waals surface area contributed by atoms with Gasteiger partial charge in [0.25, 0.3) is 5.91 Å². The van der Waals surface area contributed by atoms with Crippen LogP contribution >= 0.6 is 34.5 Å². The lowest BCUT2D eigenvalue weighted by Gasteiger charge is -2.16. The van der Waals surface area contributed by atoms with Crippen LogP contribution in [0.4, 0.5) is 5.69 Å². The fourth-order valence-corrected chi connectivity index (χ4v) is 4.01. The average Bonchev–Trinajstić information content (AvgIpc) is 3.05. The molecule has 0 saturated carbocycles. The van der Waals surface area contributed by atoms with E-state index in [-0.39, 0.29) is 24.9 Å². The first-order valence-corrected chi connectivity index (χ1v) is 11.6. The molecule has 0 unspecified atom stereocenters. The number of benzene rings is 1. The van der Waals surface area contributed by atoms with Crippen LogP contribution in [-0.4, -0.2) is 51.5 Å². The van der Waals surface area contributed by atoms with Crippen molar-refractivity contribution in [1.82, 2.24) is 9.62 Å². The molecule has 0 saturated heterocycles. The van der Waals surface area contributed by atoms with Gasteiger partial charge < -0.3 is 10.2 Å². The summed E-state index contributed by atoms with van der Waals surface area (Å²) in [7, 11) is -1.71. The van der Waals surface area contributed by atoms with Crippen molar-refractivity contribution in [3.8, 4) is 0 Å². The maximum Gasteiger partial charge on any atom is 0.264 e. The van der Waals surface area contributed by atoms with E-state index in [2.05, 4.69) is 10.0 Å². The van der Waals surface area contributed by atoms with Crippen molar-refractivity contribution in [3.05, 3.63) is 50.1 Å². The van der Waals surface area contributed by atoms with E-state index >= 15 is 0 Å². The SMILES string of the molecule is CN(CC(=O)Nc1ccc(Cl)c(Cl)c1)C(=O)c1ccc(CCNS(C)(=O)=O)s1. The van der Waals surface area contributed by atoms with E-state index in [0.29, 0.717) is 27.0 Å². The summed E-state index contributed by atoms with van der Waals surface area (Å²) in [4.78, 5) is 27.3. The highest BCUT2D eigenvalue weighted by atomic mass is 35.5. The van der Waals surface area contributed by atoms with E-state index in [9.17, 15) is 18.0 Å². The number of likely N-dealkylation sites (N-methyl/N-ethyl adjacent to an activating group) is 1. The quantitative estimate of drug-likeness (QED) is 0.628. The third kappa shape index (κ3) is 7.06. The Morgan fingerprint density at radius 1 is 1.14 bits per heavy atom. The monoisotopic (exact) mass is 463 g/mol. The lowest BCUT2D eigenvalue weighted by molar-refractivity contribution is -0.116. The van der Waals surface area contributed by atoms with Crippen LogP contribution in [0.2, 0.25) is 10.0 Å². The minimum absolute atomic E-state index is 0.137. The Morgan fingerprint density at radius 2 is 1.86 bits per heavy atom. The lowest BCUT2D eigenvalue weighted by Crippen LogP contribution is -2.34. The number of hydrogen-bond acceptors (Lipinski definition) is 5. The van der Waals surface area contributed by atoms with E-state index < -0.39 is 10.0 Å². The fraction of sp³-hybridized carbons (Fsp3) is 0.294. The van der Waals surface area contributed by atoms with E-state index in [1.54, 1.807) is 24.3 Å². The predicted molar refractivity (Wildman–Crippen MR) is 113 cm³/mol. The van der Waals surface area contributed by atoms with Crippen LogP contribution in [0.3, 0.4) is 0 Å². The van der Waals surface area contributed by atoms with Crippen LogP contribution in [0.5, 0.6) is 0 Å². The van der Waals surface area contributed by atoms with Crippen molar-refractivity contribution in [3.63, 3.8) is 0 Å². The van der Waals surface area contributed by atoms with Gasteiger partial charge in [0.2, 0.25) is 15.9 Å². The summed E-state index contributed by atoms with van der Waals surface area (Å²) >= 11 is 13.0. The molecule has 0 radical (unpaired) electrons. The molecule has 0 aliphatic rings. The normalized spacial score (nSPS) is 11.3. The number of carbonyl (C=O) groups excluding carboxylic acids is 2. The minimum Gasteiger partial charge on any atom is -0.332 e. The number of rotatable bonds is 8. The highest BCUT2D eigenvalue weighted by Gasteiger charge is 2.17. The molecule has 1 aromatic heterocycles. The Kier molecular flexibility index (Phi) is 7.85. The summed E-state index contributed by atoms with van der Waals surface area (Å²) in [6.45, 7) is 0.122. The largest absolute Gasteiger partial charge is 0.332 e. The maximum atomic E-state index is 12.5. The summed E-state index contributed by atoms with van der Waals surface area (Å²) < 4.78 is 24.5. The second-order valence-electron chi connectivity index (χ2n) is 6.02. The van der Waals surface area contributed by atoms with E-state index in [0.717, 1.165) is 11.1 Å². The molecule has 0 bridgehead atoms. The zero-order valence-corrected chi connectivity index (χ0v) is 18.3. The van der Waals surface area contributed by atoms with Gasteiger partial charge in [-0.25, -0.2) is 13.1 Å². The van der Waals surface area contributed by atoms with Crippen molar-refractivity contribution in [1.29, 1.82) is 0 Å². The van der Waals surface area contributed by atoms with Gasteiger partial charge in [-0.3, -0.25) is 9.59 Å². The molecule has 28 heavy (non-hydrogen) atoms. The van der Waals surface area contributed by atoms with Crippen molar-refractivity contribution in [2.75, 3.05) is 31.7 Å². The van der Waals surface area contributed by atoms with Gasteiger partial charge >= 0.3 is 0 Å². The maximum absolute atomic E-state index is 12.5. The van der Waals surface area contributed by atoms with Gasteiger partial charge in [-0.15, -0.1) is 11.3 Å². The first kappa shape index (κ1) is 22.6. The van der Waals surface area contributed by atoms with Gasteiger partial charge in [0.05, 0.1) is 27.7 Å². The van der Waals surface area contributed by atoms with Crippen molar-refractivity contribution in [2.45, 2.75) is 6.42 Å². The van der Waals surface area contributed by atoms with Gasteiger partial charge in [-0.05, 0) is 36.8 Å². The number of thiophene rings is 1. The summed E-state index contributed by atoms with van der Waals surface area (Å²) in [5.74, 6) is -0.667. The second kappa shape index (κ2) is 9.71. The number of sulfonamides is 1. The Labute approximate surface area is 177 Å². The van der Waals surface area contributed by atoms with Crippen molar-refractivity contribution < 1.29 is 18.0 Å². The Bertz CT molecular complexity index is 977. The van der Waals surface area contributed by atoms with Gasteiger partial charge in [0, 0.05) is 24.2 Å². The van der Waals surface area contributed by atoms with Crippen LogP contribution < -0.4 is 10.0 Å². The van der Waals surface area contributed by atoms with E-state index in [1.165, 1.54) is 29.4 Å². The number of nitrogens with zero attached hydrogens (tertiary/aromatic N) is 1. The number of anilines is 1. The van der Waals surface area contributed by atoms with Crippen LogP contribution in [0.15, 0.2) is 30.3 Å². The zero-order valence-electron chi connectivity index (χ0n) is 15.2. The molecule has 0 atom stereocenters. The molecule has 2 rings (SSSR count). The standard InChI is InChI=1S/C17H19Cl2N3O4S2/c1-22(10-16(23)21-11-3-5-13(18)14(19)9-11)17(24)15-6-4-12(27-15)7-8-20-28(2,25)26/h3-6,9,20H,7-8,10H2,1-2H3,(H,21,23). The molecule has 0 aliphatic heterocycles. The Hall–Kier alpha value is -1.65. The Balaban J connectivity index is 1.89. The summed E-state index contributed by atoms with van der Waals surface area (Å²) in [5, 5.41) is 3.36. The van der Waals surface area contributed by atoms with Crippen LogP contribution in [0, 0.1) is 0 Å². The van der Waals surface area contributed by atoms with Crippen molar-refractivity contribution >= 4 is 62.1 Å². The molecule has 2 N–H and O–H groups in total. The highest BCUT2D eigenvalue weighted by molar-refractivity contribution is 7.88. The number of nitrogens with one attached hydrogen (secondary N) is 2. The summed E-state index contributed by atoms with van der Waals surface area (Å²) in [5.41, 5.74) is 0.483. The van der Waals surface area contributed by atoms with Gasteiger partial charge in [0.1, 0.15) is 0 Å². The molecule has 0 fully saturated rings. The van der Waals surface area contributed by atoms with Gasteiger partial charge in [0.15, 0.2) is 0 Å². The van der Waals surface area contributed by atoms with Crippen LogP contribution in [0.1, 0.15) is 14.5 Å². The molecule has 0 aliphatic carbocycles. The first-order chi connectivity index (χ1) is 13.0. The smallest absolute Gasteiger partial charge is 0.264 e. The second-order valence-corrected chi connectivity index (χ2v) is 9.84. The molecule has 1 heterocycles. The molecule has 1 aromatic carbocycles. The van der Waals surface area contributed by atoms with Crippen LogP contribution in [0.25, 0.3) is 0 Å². The van der Waals surface area contributed by atoms with E-state index in [4.69, 9.17) is 23.2 Å². The average molecular weight is 464 g/mol. The Morgan fingerprint density at radius 3 is 2.50 bits per heavy atom. The number of hydrogen-bond donors (Lipinski definition) is 2. The van der Waals surface area contributed by atoms with Gasteiger partial charge in [-0.2, -0.15) is 0 Å². The topological polar surface area (TPSA) is 95.6 Å². The minimum atomic E-state index is -3.24. The molecule has 2 aromatic rings. The highest BCUT2D eigenvalue weighted by Crippen LogP contribution is 2.25. The third-order valence-corrected chi connectivity index (χ3v) is 6.14. The lowest BCUT2D eigenvalue weighted by atomic mass is 10.3. The summed E-state index contributed by atoms with van der Waals surface area (Å²) in [6, 6.07) is 8.14. The first-order valence-electron chi connectivity index (χ1n) is 8.09. The molecule has 152 valence electrons. The molecule has 7 nitrogen and oxygen atoms in total. The fourth-order valence-electron chi connectivity index (χ4n) is 2.24. The van der Waals surface area contributed by atoms with E-state index in [1.807, 2.05) is 0 Å². The molecular weight excluding hydrogens is 445 g/mol. The molecular formula is C17H19Cl2N3O4S2. The number of carbonyl (C=O) groups is 2. The number of amides is 2. The van der Waals surface area contributed by atoms with Gasteiger partial charge in [-0.1, -0.05) is 23.2 Å². The molecule has 11 heteroatoms. The third-order valence-electron chi connectivity index (χ3n) is 3.54. The molecule has 0 spiro atoms. The number of halogens is 2. The summed E-state index contributed by atoms with van der Waals surface area (Å²) in [6.07, 6.45) is 1.57. The predicted octanol–water partition coefficient (Wildman–Crippen LogP) is 2.86.